The summed E-state index contributed by atoms with van der Waals surface area (Å²) in [6, 6.07) is 8.04. The first kappa shape index (κ1) is 12.6. The van der Waals surface area contributed by atoms with Crippen LogP contribution in [0.3, 0.4) is 0 Å². The van der Waals surface area contributed by atoms with E-state index >= 15 is 0 Å². The molecule has 0 aliphatic rings. The van der Waals surface area contributed by atoms with Crippen molar-refractivity contribution in [2.45, 2.75) is 26.4 Å². The number of nitrogens with two attached hydrogens (primary N) is 1. The van der Waals surface area contributed by atoms with E-state index < -0.39 is 0 Å². The molecule has 2 N–H and O–H groups in total. The van der Waals surface area contributed by atoms with Crippen LogP contribution in [0.5, 0.6) is 5.75 Å². The van der Waals surface area contributed by atoms with Gasteiger partial charge in [0.05, 0.1) is 18.5 Å². The Balaban J connectivity index is 1.76. The van der Waals surface area contributed by atoms with Gasteiger partial charge in [0.25, 0.3) is 0 Å². The second-order valence-electron chi connectivity index (χ2n) is 4.17. The monoisotopic (exact) mass is 246 g/mol. The van der Waals surface area contributed by atoms with Crippen molar-refractivity contribution in [1.29, 1.82) is 0 Å². The summed E-state index contributed by atoms with van der Waals surface area (Å²) >= 11 is 0. The Hall–Kier alpha value is -1.88. The molecule has 96 valence electrons. The van der Waals surface area contributed by atoms with E-state index in [0.29, 0.717) is 13.2 Å². The highest BCUT2D eigenvalue weighted by Gasteiger charge is 2.01. The van der Waals surface area contributed by atoms with Crippen LogP contribution in [-0.4, -0.2) is 21.6 Å². The molecule has 0 aliphatic carbocycles. The molecule has 0 fully saturated rings. The summed E-state index contributed by atoms with van der Waals surface area (Å²) in [5, 5.41) is 7.81. The molecule has 1 aromatic heterocycles. The summed E-state index contributed by atoms with van der Waals surface area (Å²) in [5.41, 5.74) is 7.73. The first-order chi connectivity index (χ1) is 8.79. The van der Waals surface area contributed by atoms with Gasteiger partial charge in [-0.1, -0.05) is 17.3 Å². The molecule has 0 unspecified atom stereocenters. The molecule has 18 heavy (non-hydrogen) atoms. The van der Waals surface area contributed by atoms with E-state index in [1.807, 2.05) is 22.9 Å². The molecule has 0 saturated heterocycles. The first-order valence-corrected chi connectivity index (χ1v) is 6.06. The molecular formula is C13H18N4O. The lowest BCUT2D eigenvalue weighted by atomic mass is 10.2. The van der Waals surface area contributed by atoms with Crippen LogP contribution in [0.1, 0.15) is 17.7 Å². The molecule has 5 heteroatoms. The molecule has 0 amide bonds. The predicted molar refractivity (Wildman–Crippen MR) is 69.2 cm³/mol. The predicted octanol–water partition coefficient (Wildman–Crippen LogP) is 1.51. The highest BCUT2D eigenvalue weighted by Crippen LogP contribution is 2.12. The normalized spacial score (nSPS) is 10.6. The minimum atomic E-state index is 0.464. The third kappa shape index (κ3) is 3.30. The van der Waals surface area contributed by atoms with Crippen LogP contribution in [0.4, 0.5) is 0 Å². The van der Waals surface area contributed by atoms with Crippen molar-refractivity contribution < 1.29 is 4.74 Å². The Kier molecular flexibility index (Phi) is 4.30. The van der Waals surface area contributed by atoms with E-state index in [0.717, 1.165) is 24.4 Å². The van der Waals surface area contributed by atoms with Crippen molar-refractivity contribution in [2.24, 2.45) is 5.73 Å². The Bertz CT molecular complexity index is 495. The van der Waals surface area contributed by atoms with Crippen molar-refractivity contribution >= 4 is 0 Å². The van der Waals surface area contributed by atoms with Crippen LogP contribution < -0.4 is 10.5 Å². The molecule has 0 saturated carbocycles. The maximum atomic E-state index is 5.67. The Labute approximate surface area is 107 Å². The van der Waals surface area contributed by atoms with E-state index in [1.54, 1.807) is 6.20 Å². The van der Waals surface area contributed by atoms with Crippen molar-refractivity contribution in [2.75, 3.05) is 6.61 Å². The van der Waals surface area contributed by atoms with Gasteiger partial charge >= 0.3 is 0 Å². The average molecular weight is 246 g/mol. The van der Waals surface area contributed by atoms with Crippen LogP contribution in [-0.2, 0) is 13.1 Å². The number of ether oxygens (including phenoxy) is 1. The summed E-state index contributed by atoms with van der Waals surface area (Å²) in [7, 11) is 0. The maximum absolute atomic E-state index is 5.67. The Morgan fingerprint density at radius 2 is 2.28 bits per heavy atom. The quantitative estimate of drug-likeness (QED) is 0.785. The number of aryl methyl sites for hydroxylation is 2. The van der Waals surface area contributed by atoms with Crippen molar-refractivity contribution in [3.05, 3.63) is 41.7 Å². The van der Waals surface area contributed by atoms with Crippen molar-refractivity contribution in [3.63, 3.8) is 0 Å². The fourth-order valence-corrected chi connectivity index (χ4v) is 1.73. The molecule has 1 aromatic carbocycles. The van der Waals surface area contributed by atoms with Gasteiger partial charge < -0.3 is 10.5 Å². The average Bonchev–Trinajstić information content (AvgIpc) is 2.82. The smallest absolute Gasteiger partial charge is 0.119 e. The van der Waals surface area contributed by atoms with E-state index in [4.69, 9.17) is 10.5 Å². The van der Waals surface area contributed by atoms with Gasteiger partial charge in [-0.3, -0.25) is 0 Å². The maximum Gasteiger partial charge on any atom is 0.119 e. The fourth-order valence-electron chi connectivity index (χ4n) is 1.73. The number of hydrogen-bond acceptors (Lipinski definition) is 4. The third-order valence-corrected chi connectivity index (χ3v) is 2.68. The zero-order valence-electron chi connectivity index (χ0n) is 10.5. The van der Waals surface area contributed by atoms with Crippen molar-refractivity contribution in [1.82, 2.24) is 15.0 Å². The lowest BCUT2D eigenvalue weighted by Gasteiger charge is -2.07. The van der Waals surface area contributed by atoms with E-state index in [2.05, 4.69) is 23.3 Å². The molecule has 0 spiro atoms. The highest BCUT2D eigenvalue weighted by molar-refractivity contribution is 5.27. The number of nitrogens with zero attached hydrogens (tertiary/aromatic N) is 3. The summed E-state index contributed by atoms with van der Waals surface area (Å²) < 4.78 is 7.48. The molecule has 0 atom stereocenters. The van der Waals surface area contributed by atoms with Gasteiger partial charge in [0.2, 0.25) is 0 Å². The zero-order chi connectivity index (χ0) is 12.8. The molecular weight excluding hydrogens is 228 g/mol. The molecule has 2 rings (SSSR count). The molecule has 1 heterocycles. The van der Waals surface area contributed by atoms with E-state index in [1.165, 1.54) is 5.56 Å². The first-order valence-electron chi connectivity index (χ1n) is 6.06. The number of hydrogen-bond donors (Lipinski definition) is 1. The van der Waals surface area contributed by atoms with E-state index in [9.17, 15) is 0 Å². The lowest BCUT2D eigenvalue weighted by Crippen LogP contribution is -2.11. The van der Waals surface area contributed by atoms with Crippen LogP contribution in [0, 0.1) is 6.92 Å². The van der Waals surface area contributed by atoms with Crippen LogP contribution in [0.2, 0.25) is 0 Å². The van der Waals surface area contributed by atoms with Crippen LogP contribution >= 0.6 is 0 Å². The fraction of sp³-hybridized carbons (Fsp3) is 0.385. The van der Waals surface area contributed by atoms with Gasteiger partial charge in [-0.2, -0.15) is 0 Å². The number of rotatable bonds is 6. The second-order valence-corrected chi connectivity index (χ2v) is 4.17. The standard InChI is InChI=1S/C13H18N4O/c1-11-4-2-5-13(8-11)18-7-3-6-17-12(9-14)10-15-16-17/h2,4-5,8,10H,3,6-7,9,14H2,1H3. The van der Waals surface area contributed by atoms with Gasteiger partial charge in [-0.05, 0) is 24.6 Å². The van der Waals surface area contributed by atoms with E-state index in [-0.39, 0.29) is 0 Å². The minimum absolute atomic E-state index is 0.464. The molecule has 2 aromatic rings. The van der Waals surface area contributed by atoms with Gasteiger partial charge in [0.15, 0.2) is 0 Å². The molecule has 0 radical (unpaired) electrons. The molecule has 0 bridgehead atoms. The molecule has 5 nitrogen and oxygen atoms in total. The van der Waals surface area contributed by atoms with Gasteiger partial charge in [-0.25, -0.2) is 4.68 Å². The number of aromatic nitrogens is 3. The highest BCUT2D eigenvalue weighted by atomic mass is 16.5. The Morgan fingerprint density at radius 3 is 3.06 bits per heavy atom. The van der Waals surface area contributed by atoms with Gasteiger partial charge in [0.1, 0.15) is 5.75 Å². The Morgan fingerprint density at radius 1 is 1.39 bits per heavy atom. The van der Waals surface area contributed by atoms with Crippen molar-refractivity contribution in [3.8, 4) is 5.75 Å². The largest absolute Gasteiger partial charge is 0.494 e. The van der Waals surface area contributed by atoms with Crippen LogP contribution in [0.25, 0.3) is 0 Å². The SMILES string of the molecule is Cc1cccc(OCCCn2nncc2CN)c1. The van der Waals surface area contributed by atoms with Gasteiger partial charge in [-0.15, -0.1) is 5.10 Å². The topological polar surface area (TPSA) is 66.0 Å². The summed E-state index contributed by atoms with van der Waals surface area (Å²) in [5.74, 6) is 0.910. The summed E-state index contributed by atoms with van der Waals surface area (Å²) in [6.45, 7) is 3.95. The van der Waals surface area contributed by atoms with Crippen LogP contribution in [0.15, 0.2) is 30.5 Å². The lowest BCUT2D eigenvalue weighted by molar-refractivity contribution is 0.296. The summed E-state index contributed by atoms with van der Waals surface area (Å²) in [6.07, 6.45) is 2.58. The second kappa shape index (κ2) is 6.16. The number of benzene rings is 1. The molecule has 0 aliphatic heterocycles. The zero-order valence-corrected chi connectivity index (χ0v) is 10.5. The third-order valence-electron chi connectivity index (χ3n) is 2.68. The summed E-state index contributed by atoms with van der Waals surface area (Å²) in [4.78, 5) is 0. The van der Waals surface area contributed by atoms with Gasteiger partial charge in [0, 0.05) is 19.5 Å². The minimum Gasteiger partial charge on any atom is -0.494 e.